The minimum Gasteiger partial charge on any atom is -0.481 e. The molecule has 1 aromatic carbocycles. The highest BCUT2D eigenvalue weighted by atomic mass is 19.1. The van der Waals surface area contributed by atoms with Gasteiger partial charge in [-0.15, -0.1) is 0 Å². The molecule has 0 heterocycles. The number of halogens is 2. The lowest BCUT2D eigenvalue weighted by Crippen LogP contribution is -2.21. The highest BCUT2D eigenvalue weighted by Gasteiger charge is 2.38. The van der Waals surface area contributed by atoms with Crippen molar-refractivity contribution in [2.24, 2.45) is 17.0 Å². The van der Waals surface area contributed by atoms with Crippen LogP contribution < -0.4 is 5.32 Å². The Balaban J connectivity index is 1.92. The van der Waals surface area contributed by atoms with Crippen molar-refractivity contribution in [1.82, 2.24) is 0 Å². The number of aliphatic hydroxyl groups excluding tert-OH is 2. The van der Waals surface area contributed by atoms with Gasteiger partial charge < -0.3 is 25.8 Å². The summed E-state index contributed by atoms with van der Waals surface area (Å²) in [7, 11) is 0. The molecule has 7 nitrogen and oxygen atoms in total. The van der Waals surface area contributed by atoms with Crippen LogP contribution in [0.5, 0.6) is 0 Å². The first kappa shape index (κ1) is 24.5. The minimum atomic E-state index is -0.991. The molecule has 0 aromatic heterocycles. The zero-order chi connectivity index (χ0) is 22.8. The predicted octanol–water partition coefficient (Wildman–Crippen LogP) is 3.32. The van der Waals surface area contributed by atoms with Crippen LogP contribution in [0.15, 0.2) is 47.7 Å². The number of nitrogens with zero attached hydrogens (tertiary/aromatic N) is 1. The minimum absolute atomic E-state index is 0.0198. The Labute approximate surface area is 179 Å². The van der Waals surface area contributed by atoms with E-state index in [4.69, 9.17) is 5.11 Å². The van der Waals surface area contributed by atoms with Crippen molar-refractivity contribution in [2.45, 2.75) is 44.3 Å². The summed E-state index contributed by atoms with van der Waals surface area (Å²) in [5, 5.41) is 44.4. The maximum absolute atomic E-state index is 13.7. The van der Waals surface area contributed by atoms with E-state index >= 15 is 0 Å². The van der Waals surface area contributed by atoms with E-state index in [1.165, 1.54) is 12.1 Å². The number of benzene rings is 1. The summed E-state index contributed by atoms with van der Waals surface area (Å²) in [4.78, 5) is 10.5. The molecular formula is C22H28F2N2O5. The van der Waals surface area contributed by atoms with Crippen molar-refractivity contribution in [3.8, 4) is 0 Å². The van der Waals surface area contributed by atoms with Gasteiger partial charge in [0.1, 0.15) is 11.6 Å². The zero-order valence-electron chi connectivity index (χ0n) is 17.0. The molecule has 0 spiro atoms. The first-order chi connectivity index (χ1) is 14.8. The summed E-state index contributed by atoms with van der Waals surface area (Å²) >= 11 is 0. The molecule has 0 unspecified atom stereocenters. The van der Waals surface area contributed by atoms with Crippen LogP contribution in [0.2, 0.25) is 0 Å². The van der Waals surface area contributed by atoms with E-state index < -0.39 is 29.8 Å². The van der Waals surface area contributed by atoms with Crippen LogP contribution in [0.3, 0.4) is 0 Å². The molecule has 1 aromatic rings. The summed E-state index contributed by atoms with van der Waals surface area (Å²) in [6, 6.07) is 3.09. The molecule has 4 atom stereocenters. The van der Waals surface area contributed by atoms with Gasteiger partial charge in [0.2, 0.25) is 0 Å². The van der Waals surface area contributed by atoms with Gasteiger partial charge in [0.15, 0.2) is 0 Å². The monoisotopic (exact) mass is 438 g/mol. The van der Waals surface area contributed by atoms with Crippen molar-refractivity contribution < 1.29 is 34.1 Å². The van der Waals surface area contributed by atoms with Gasteiger partial charge in [0.05, 0.1) is 23.6 Å². The smallest absolute Gasteiger partial charge is 0.303 e. The van der Waals surface area contributed by atoms with Crippen molar-refractivity contribution in [2.75, 3.05) is 11.9 Å². The Kier molecular flexibility index (Phi) is 9.61. The van der Waals surface area contributed by atoms with E-state index in [1.54, 1.807) is 6.08 Å². The maximum atomic E-state index is 13.7. The van der Waals surface area contributed by atoms with Gasteiger partial charge in [-0.3, -0.25) is 4.79 Å². The van der Waals surface area contributed by atoms with Crippen molar-refractivity contribution in [1.29, 1.82) is 0 Å². The highest BCUT2D eigenvalue weighted by molar-refractivity contribution is 5.90. The molecule has 1 fully saturated rings. The number of hydrogen-bond acceptors (Lipinski definition) is 6. The van der Waals surface area contributed by atoms with Crippen molar-refractivity contribution >= 4 is 17.4 Å². The van der Waals surface area contributed by atoms with Crippen LogP contribution in [-0.2, 0) is 4.79 Å². The number of anilines is 1. The zero-order valence-corrected chi connectivity index (χ0v) is 17.0. The highest BCUT2D eigenvalue weighted by Crippen LogP contribution is 2.34. The number of oxime groups is 1. The van der Waals surface area contributed by atoms with Crippen LogP contribution in [-0.4, -0.2) is 51.0 Å². The average molecular weight is 438 g/mol. The molecule has 0 aliphatic heterocycles. The Hall–Kier alpha value is -2.78. The topological polar surface area (TPSA) is 122 Å². The second-order valence-electron chi connectivity index (χ2n) is 7.50. The summed E-state index contributed by atoms with van der Waals surface area (Å²) in [5.74, 6) is -2.95. The van der Waals surface area contributed by atoms with Gasteiger partial charge >= 0.3 is 5.97 Å². The molecule has 170 valence electrons. The Morgan fingerprint density at radius 1 is 1.32 bits per heavy atom. The lowest BCUT2D eigenvalue weighted by molar-refractivity contribution is -0.137. The lowest BCUT2D eigenvalue weighted by Gasteiger charge is -2.18. The number of hydrogen-bond donors (Lipinski definition) is 5. The van der Waals surface area contributed by atoms with E-state index in [2.05, 4.69) is 10.5 Å². The fourth-order valence-corrected chi connectivity index (χ4v) is 3.56. The van der Waals surface area contributed by atoms with Crippen LogP contribution in [0.25, 0.3) is 0 Å². The fraction of sp³-hybridized carbons (Fsp3) is 0.455. The average Bonchev–Trinajstić information content (AvgIpc) is 3.02. The molecule has 0 amide bonds. The molecule has 31 heavy (non-hydrogen) atoms. The first-order valence-electron chi connectivity index (χ1n) is 10.1. The van der Waals surface area contributed by atoms with Crippen LogP contribution in [0, 0.1) is 23.5 Å². The number of nitrogens with one attached hydrogen (secondary N) is 1. The molecular weight excluding hydrogens is 410 g/mol. The molecule has 0 saturated heterocycles. The Morgan fingerprint density at radius 2 is 2.10 bits per heavy atom. The van der Waals surface area contributed by atoms with E-state index in [9.17, 15) is 29.0 Å². The molecule has 1 aliphatic rings. The van der Waals surface area contributed by atoms with Gasteiger partial charge in [-0.05, 0) is 31.4 Å². The number of carbonyl (C=O) groups is 1. The van der Waals surface area contributed by atoms with Crippen LogP contribution in [0.1, 0.15) is 32.1 Å². The Morgan fingerprint density at radius 3 is 2.77 bits per heavy atom. The largest absolute Gasteiger partial charge is 0.481 e. The normalized spacial score (nSPS) is 23.7. The van der Waals surface area contributed by atoms with E-state index in [-0.39, 0.29) is 36.9 Å². The van der Waals surface area contributed by atoms with Crippen LogP contribution in [0.4, 0.5) is 14.5 Å². The third-order valence-corrected chi connectivity index (χ3v) is 5.20. The molecule has 0 radical (unpaired) electrons. The van der Waals surface area contributed by atoms with Crippen molar-refractivity contribution in [3.05, 3.63) is 54.1 Å². The summed E-state index contributed by atoms with van der Waals surface area (Å²) in [6.45, 7) is -0.0198. The number of allylic oxidation sites excluding steroid dienone is 3. The number of carboxylic acids is 1. The van der Waals surface area contributed by atoms with Crippen molar-refractivity contribution in [3.63, 3.8) is 0 Å². The number of aliphatic hydroxyl groups is 2. The second kappa shape index (κ2) is 12.2. The third-order valence-electron chi connectivity index (χ3n) is 5.20. The number of aliphatic carboxylic acids is 1. The molecule has 2 rings (SSSR count). The number of rotatable bonds is 11. The van der Waals surface area contributed by atoms with E-state index in [1.807, 2.05) is 12.2 Å². The number of carboxylic acid groups (broad SMARTS) is 1. The predicted molar refractivity (Wildman–Crippen MR) is 112 cm³/mol. The van der Waals surface area contributed by atoms with Crippen LogP contribution >= 0.6 is 0 Å². The molecule has 5 N–H and O–H groups in total. The van der Waals surface area contributed by atoms with Gasteiger partial charge in [-0.1, -0.05) is 29.5 Å². The summed E-state index contributed by atoms with van der Waals surface area (Å²) in [6.07, 6.45) is 7.09. The van der Waals surface area contributed by atoms with Gasteiger partial charge in [-0.2, -0.15) is 0 Å². The number of unbranched alkanes of at least 4 members (excludes halogenated alkanes) is 1. The third kappa shape index (κ3) is 7.76. The van der Waals surface area contributed by atoms with Gasteiger partial charge in [0, 0.05) is 37.3 Å². The standard InChI is InChI=1S/C22H28F2N2O5/c23-14-7-10-19(18(24)11-14)25-13-15(27)8-9-16-17(21(28)12-20(16)26-31)5-3-1-2-4-6-22(29)30/h1,3,7-11,15-17,21,25,27-28,31H,2,4-6,12-13H2,(H,29,30)/b3-1+,9-8+,26-20-/t15-,16-,17-,21+/m1/s1. The maximum Gasteiger partial charge on any atom is 0.303 e. The van der Waals surface area contributed by atoms with E-state index in [0.717, 1.165) is 12.1 Å². The summed E-state index contributed by atoms with van der Waals surface area (Å²) in [5.41, 5.74) is 0.464. The first-order valence-corrected chi connectivity index (χ1v) is 10.1. The lowest BCUT2D eigenvalue weighted by atomic mass is 9.90. The quantitative estimate of drug-likeness (QED) is 0.156. The molecule has 0 bridgehead atoms. The van der Waals surface area contributed by atoms with Gasteiger partial charge in [-0.25, -0.2) is 8.78 Å². The van der Waals surface area contributed by atoms with Gasteiger partial charge in [0.25, 0.3) is 0 Å². The summed E-state index contributed by atoms with van der Waals surface area (Å²) < 4.78 is 26.6. The molecule has 1 saturated carbocycles. The second-order valence-corrected chi connectivity index (χ2v) is 7.50. The van der Waals surface area contributed by atoms with E-state index in [0.29, 0.717) is 25.0 Å². The molecule has 1 aliphatic carbocycles. The SMILES string of the molecule is O=C(O)CCC/C=C/C[C@H]1[C@@H](O)C/C(=N/O)[C@@H]1/C=C/[C@@H](O)CNc1ccc(F)cc1F. The Bertz CT molecular complexity index is 828. The fourth-order valence-electron chi connectivity index (χ4n) is 3.56. The molecule has 9 heteroatoms.